The van der Waals surface area contributed by atoms with E-state index in [-0.39, 0.29) is 11.8 Å². The van der Waals surface area contributed by atoms with Gasteiger partial charge in [-0.15, -0.1) is 0 Å². The van der Waals surface area contributed by atoms with E-state index in [4.69, 9.17) is 0 Å². The SMILES string of the molecule is Cc1cccc(C(C)C)c1NC(=O)c1cncc(C(=O)N2CCC(C)CC2)c1. The number of nitrogens with zero attached hydrogens (tertiary/aromatic N) is 2. The normalized spacial score (nSPS) is 15.0. The van der Waals surface area contributed by atoms with Gasteiger partial charge in [-0.25, -0.2) is 0 Å². The van der Waals surface area contributed by atoms with Gasteiger partial charge in [-0.2, -0.15) is 0 Å². The summed E-state index contributed by atoms with van der Waals surface area (Å²) >= 11 is 0. The molecule has 0 saturated carbocycles. The number of nitrogens with one attached hydrogen (secondary N) is 1. The molecule has 0 bridgehead atoms. The van der Waals surface area contributed by atoms with E-state index in [1.54, 1.807) is 12.3 Å². The third-order valence-electron chi connectivity index (χ3n) is 5.48. The molecule has 1 aliphatic rings. The second-order valence-corrected chi connectivity index (χ2v) is 8.08. The van der Waals surface area contributed by atoms with Crippen molar-refractivity contribution in [3.05, 3.63) is 58.9 Å². The Bertz CT molecular complexity index is 868. The molecule has 5 nitrogen and oxygen atoms in total. The zero-order valence-electron chi connectivity index (χ0n) is 17.2. The first-order valence-electron chi connectivity index (χ1n) is 10.0. The van der Waals surface area contributed by atoms with E-state index in [0.29, 0.717) is 23.0 Å². The van der Waals surface area contributed by atoms with Crippen molar-refractivity contribution in [2.75, 3.05) is 18.4 Å². The number of anilines is 1. The number of carbonyl (C=O) groups excluding carboxylic acids is 2. The van der Waals surface area contributed by atoms with Crippen molar-refractivity contribution in [1.29, 1.82) is 0 Å². The van der Waals surface area contributed by atoms with Crippen LogP contribution in [0.2, 0.25) is 0 Å². The summed E-state index contributed by atoms with van der Waals surface area (Å²) < 4.78 is 0. The van der Waals surface area contributed by atoms with Crippen molar-refractivity contribution < 1.29 is 9.59 Å². The van der Waals surface area contributed by atoms with E-state index in [1.807, 2.05) is 30.0 Å². The van der Waals surface area contributed by atoms with Crippen LogP contribution in [0.3, 0.4) is 0 Å². The fourth-order valence-electron chi connectivity index (χ4n) is 3.60. The molecule has 5 heteroatoms. The molecule has 28 heavy (non-hydrogen) atoms. The maximum atomic E-state index is 12.9. The molecule has 3 rings (SSSR count). The van der Waals surface area contributed by atoms with Crippen LogP contribution >= 0.6 is 0 Å². The lowest BCUT2D eigenvalue weighted by Gasteiger charge is -2.30. The molecule has 1 aromatic carbocycles. The Morgan fingerprint density at radius 3 is 2.50 bits per heavy atom. The fourth-order valence-corrected chi connectivity index (χ4v) is 3.60. The molecular formula is C23H29N3O2. The summed E-state index contributed by atoms with van der Waals surface area (Å²) in [6.45, 7) is 9.92. The lowest BCUT2D eigenvalue weighted by molar-refractivity contribution is 0.0697. The van der Waals surface area contributed by atoms with Crippen molar-refractivity contribution in [2.24, 2.45) is 5.92 Å². The van der Waals surface area contributed by atoms with Crippen LogP contribution in [0.25, 0.3) is 0 Å². The van der Waals surface area contributed by atoms with Crippen LogP contribution in [0.5, 0.6) is 0 Å². The number of hydrogen-bond donors (Lipinski definition) is 1. The summed E-state index contributed by atoms with van der Waals surface area (Å²) in [7, 11) is 0. The number of hydrogen-bond acceptors (Lipinski definition) is 3. The first kappa shape index (κ1) is 20.1. The number of aryl methyl sites for hydroxylation is 1. The Morgan fingerprint density at radius 2 is 1.82 bits per heavy atom. The Balaban J connectivity index is 1.79. The summed E-state index contributed by atoms with van der Waals surface area (Å²) in [6.07, 6.45) is 5.09. The third-order valence-corrected chi connectivity index (χ3v) is 5.48. The molecule has 1 aromatic heterocycles. The van der Waals surface area contributed by atoms with Crippen LogP contribution in [-0.2, 0) is 0 Å². The molecule has 1 fully saturated rings. The van der Waals surface area contributed by atoms with Crippen LogP contribution in [0.1, 0.15) is 71.4 Å². The van der Waals surface area contributed by atoms with Crippen molar-refractivity contribution in [1.82, 2.24) is 9.88 Å². The highest BCUT2D eigenvalue weighted by atomic mass is 16.2. The molecule has 1 N–H and O–H groups in total. The third kappa shape index (κ3) is 4.41. The van der Waals surface area contributed by atoms with Crippen LogP contribution in [0, 0.1) is 12.8 Å². The van der Waals surface area contributed by atoms with Crippen LogP contribution < -0.4 is 5.32 Å². The lowest BCUT2D eigenvalue weighted by Crippen LogP contribution is -2.38. The lowest BCUT2D eigenvalue weighted by atomic mass is 9.98. The topological polar surface area (TPSA) is 62.3 Å². The summed E-state index contributed by atoms with van der Waals surface area (Å²) in [4.78, 5) is 31.7. The first-order chi connectivity index (χ1) is 13.4. The number of aromatic nitrogens is 1. The first-order valence-corrected chi connectivity index (χ1v) is 10.0. The van der Waals surface area contributed by atoms with Crippen molar-refractivity contribution in [2.45, 2.75) is 46.5 Å². The van der Waals surface area contributed by atoms with Gasteiger partial charge < -0.3 is 10.2 Å². The molecule has 1 aliphatic heterocycles. The number of amides is 2. The number of para-hydroxylation sites is 1. The Labute approximate surface area is 167 Å². The van der Waals surface area contributed by atoms with Gasteiger partial charge in [0.25, 0.3) is 11.8 Å². The van der Waals surface area contributed by atoms with Gasteiger partial charge in [0.05, 0.1) is 11.1 Å². The smallest absolute Gasteiger partial charge is 0.257 e. The molecule has 0 atom stereocenters. The number of pyridine rings is 1. The van der Waals surface area contributed by atoms with Gasteiger partial charge in [-0.1, -0.05) is 39.0 Å². The standard InChI is InChI=1S/C23H29N3O2/c1-15(2)20-7-5-6-17(4)21(20)25-22(27)18-12-19(14-24-13-18)23(28)26-10-8-16(3)9-11-26/h5-7,12-16H,8-11H2,1-4H3,(H,25,27). The van der Waals surface area contributed by atoms with Gasteiger partial charge in [0.15, 0.2) is 0 Å². The van der Waals surface area contributed by atoms with Crippen molar-refractivity contribution in [3.8, 4) is 0 Å². The quantitative estimate of drug-likeness (QED) is 0.842. The zero-order chi connectivity index (χ0) is 20.3. The van der Waals surface area contributed by atoms with E-state index in [2.05, 4.69) is 31.1 Å². The Morgan fingerprint density at radius 1 is 1.14 bits per heavy atom. The fraction of sp³-hybridized carbons (Fsp3) is 0.435. The number of rotatable bonds is 4. The Hall–Kier alpha value is -2.69. The van der Waals surface area contributed by atoms with Gasteiger partial charge >= 0.3 is 0 Å². The van der Waals surface area contributed by atoms with E-state index >= 15 is 0 Å². The second-order valence-electron chi connectivity index (χ2n) is 8.08. The van der Waals surface area contributed by atoms with Gasteiger partial charge in [0.2, 0.25) is 0 Å². The summed E-state index contributed by atoms with van der Waals surface area (Å²) in [5.74, 6) is 0.657. The van der Waals surface area contributed by atoms with E-state index in [0.717, 1.165) is 42.7 Å². The Kier molecular flexibility index (Phi) is 6.12. The molecule has 0 unspecified atom stereocenters. The van der Waals surface area contributed by atoms with Gasteiger partial charge in [0.1, 0.15) is 0 Å². The highest BCUT2D eigenvalue weighted by molar-refractivity contribution is 6.06. The molecular weight excluding hydrogens is 350 g/mol. The summed E-state index contributed by atoms with van der Waals surface area (Å²) in [5, 5.41) is 3.02. The van der Waals surface area contributed by atoms with Gasteiger partial charge in [-0.05, 0) is 48.8 Å². The summed E-state index contributed by atoms with van der Waals surface area (Å²) in [6, 6.07) is 7.66. The highest BCUT2D eigenvalue weighted by Crippen LogP contribution is 2.28. The van der Waals surface area contributed by atoms with E-state index in [9.17, 15) is 9.59 Å². The second kappa shape index (κ2) is 8.55. The number of piperidine rings is 1. The average Bonchev–Trinajstić information content (AvgIpc) is 2.69. The van der Waals surface area contributed by atoms with Crippen LogP contribution in [-0.4, -0.2) is 34.8 Å². The largest absolute Gasteiger partial charge is 0.339 e. The average molecular weight is 380 g/mol. The van der Waals surface area contributed by atoms with E-state index in [1.165, 1.54) is 6.20 Å². The molecule has 1 saturated heterocycles. The zero-order valence-corrected chi connectivity index (χ0v) is 17.2. The number of benzene rings is 1. The minimum absolute atomic E-state index is 0.0483. The van der Waals surface area contributed by atoms with Crippen molar-refractivity contribution in [3.63, 3.8) is 0 Å². The number of carbonyl (C=O) groups is 2. The molecule has 2 heterocycles. The molecule has 0 aliphatic carbocycles. The van der Waals surface area contributed by atoms with Gasteiger partial charge in [-0.3, -0.25) is 14.6 Å². The molecule has 2 aromatic rings. The van der Waals surface area contributed by atoms with Gasteiger partial charge in [0, 0.05) is 31.2 Å². The highest BCUT2D eigenvalue weighted by Gasteiger charge is 2.22. The molecule has 0 radical (unpaired) electrons. The van der Waals surface area contributed by atoms with Crippen LogP contribution in [0.4, 0.5) is 5.69 Å². The molecule has 148 valence electrons. The number of likely N-dealkylation sites (tertiary alicyclic amines) is 1. The molecule has 0 spiro atoms. The predicted molar refractivity (Wildman–Crippen MR) is 112 cm³/mol. The van der Waals surface area contributed by atoms with E-state index < -0.39 is 0 Å². The molecule has 2 amide bonds. The maximum absolute atomic E-state index is 12.9. The van der Waals surface area contributed by atoms with Crippen molar-refractivity contribution >= 4 is 17.5 Å². The van der Waals surface area contributed by atoms with Crippen LogP contribution in [0.15, 0.2) is 36.7 Å². The minimum atomic E-state index is -0.245. The minimum Gasteiger partial charge on any atom is -0.339 e. The maximum Gasteiger partial charge on any atom is 0.257 e. The summed E-state index contributed by atoms with van der Waals surface area (Å²) in [5.41, 5.74) is 3.81. The predicted octanol–water partition coefficient (Wildman–Crippen LogP) is 4.64. The monoisotopic (exact) mass is 379 g/mol.